The van der Waals surface area contributed by atoms with Crippen LogP contribution in [0.5, 0.6) is 0 Å². The Morgan fingerprint density at radius 2 is 2.04 bits per heavy atom. The van der Waals surface area contributed by atoms with Gasteiger partial charge in [0.15, 0.2) is 0 Å². The van der Waals surface area contributed by atoms with E-state index in [0.29, 0.717) is 23.7 Å². The lowest BCUT2D eigenvalue weighted by atomic mass is 9.96. The third-order valence-corrected chi connectivity index (χ3v) is 5.01. The van der Waals surface area contributed by atoms with Crippen LogP contribution in [0, 0.1) is 0 Å². The Kier molecular flexibility index (Phi) is 4.99. The van der Waals surface area contributed by atoms with Crippen molar-refractivity contribution in [1.82, 2.24) is 19.2 Å². The number of piperidine rings is 1. The van der Waals surface area contributed by atoms with Crippen LogP contribution in [0.3, 0.4) is 0 Å². The third kappa shape index (κ3) is 3.35. The number of amides is 1. The van der Waals surface area contributed by atoms with E-state index in [9.17, 15) is 9.59 Å². The van der Waals surface area contributed by atoms with Crippen LogP contribution < -0.4 is 5.69 Å². The summed E-state index contributed by atoms with van der Waals surface area (Å²) in [6.07, 6.45) is 1.79. The molecular formula is C18H23ClN4O2. The molecule has 1 saturated heterocycles. The van der Waals surface area contributed by atoms with E-state index in [1.807, 2.05) is 30.9 Å². The maximum Gasteiger partial charge on any atom is 0.345 e. The molecule has 0 bridgehead atoms. The molecule has 1 unspecified atom stereocenters. The van der Waals surface area contributed by atoms with Crippen LogP contribution in [-0.4, -0.2) is 38.2 Å². The van der Waals surface area contributed by atoms with Crippen LogP contribution >= 0.6 is 11.6 Å². The van der Waals surface area contributed by atoms with Crippen LogP contribution in [0.1, 0.15) is 54.8 Å². The van der Waals surface area contributed by atoms with Crippen molar-refractivity contribution in [3.63, 3.8) is 0 Å². The van der Waals surface area contributed by atoms with Crippen molar-refractivity contribution in [1.29, 1.82) is 0 Å². The second-order valence-corrected chi connectivity index (χ2v) is 7.21. The molecule has 1 aromatic carbocycles. The van der Waals surface area contributed by atoms with Gasteiger partial charge in [0.05, 0.1) is 10.6 Å². The number of hydrogen-bond acceptors (Lipinski definition) is 3. The first-order chi connectivity index (χ1) is 11.9. The van der Waals surface area contributed by atoms with Gasteiger partial charge in [-0.2, -0.15) is 5.10 Å². The van der Waals surface area contributed by atoms with Crippen molar-refractivity contribution in [3.05, 3.63) is 51.2 Å². The molecule has 1 aliphatic rings. The number of halogens is 1. The van der Waals surface area contributed by atoms with Crippen molar-refractivity contribution in [3.8, 4) is 0 Å². The number of hydrogen-bond donors (Lipinski definition) is 0. The normalized spacial score (nSPS) is 18.0. The maximum atomic E-state index is 12.8. The standard InChI is InChI=1S/C18H23ClN4O2/c1-12(2)23-16(20-21(3)18(23)25)13-7-6-10-22(11-13)17(24)14-8-4-5-9-15(14)19/h4-5,8-9,12-13H,6-7,10-11H2,1-3H3. The summed E-state index contributed by atoms with van der Waals surface area (Å²) in [5, 5.41) is 4.91. The monoisotopic (exact) mass is 362 g/mol. The summed E-state index contributed by atoms with van der Waals surface area (Å²) in [5.74, 6) is 0.750. The third-order valence-electron chi connectivity index (χ3n) is 4.68. The van der Waals surface area contributed by atoms with Gasteiger partial charge in [0.25, 0.3) is 5.91 Å². The molecule has 25 heavy (non-hydrogen) atoms. The lowest BCUT2D eigenvalue weighted by molar-refractivity contribution is 0.0703. The van der Waals surface area contributed by atoms with E-state index < -0.39 is 0 Å². The van der Waals surface area contributed by atoms with Gasteiger partial charge in [-0.3, -0.25) is 9.36 Å². The fraction of sp³-hybridized carbons (Fsp3) is 0.500. The van der Waals surface area contributed by atoms with Gasteiger partial charge in [0, 0.05) is 32.1 Å². The van der Waals surface area contributed by atoms with E-state index in [4.69, 9.17) is 11.6 Å². The van der Waals surface area contributed by atoms with Crippen molar-refractivity contribution in [2.45, 2.75) is 38.6 Å². The number of aromatic nitrogens is 3. The van der Waals surface area contributed by atoms with Crippen molar-refractivity contribution in [2.75, 3.05) is 13.1 Å². The molecule has 1 fully saturated rings. The largest absolute Gasteiger partial charge is 0.345 e. The second-order valence-electron chi connectivity index (χ2n) is 6.80. The molecule has 1 amide bonds. The van der Waals surface area contributed by atoms with Crippen molar-refractivity contribution in [2.24, 2.45) is 7.05 Å². The molecular weight excluding hydrogens is 340 g/mol. The molecule has 1 atom stereocenters. The zero-order valence-corrected chi connectivity index (χ0v) is 15.5. The molecule has 3 rings (SSSR count). The molecule has 0 spiro atoms. The zero-order valence-electron chi connectivity index (χ0n) is 14.8. The SMILES string of the molecule is CC(C)n1c(C2CCCN(C(=O)c3ccccc3Cl)C2)nn(C)c1=O. The first-order valence-corrected chi connectivity index (χ1v) is 8.97. The molecule has 0 aliphatic carbocycles. The second kappa shape index (κ2) is 7.04. The van der Waals surface area contributed by atoms with E-state index in [1.165, 1.54) is 4.68 Å². The van der Waals surface area contributed by atoms with E-state index in [2.05, 4.69) is 5.10 Å². The zero-order chi connectivity index (χ0) is 18.1. The summed E-state index contributed by atoms with van der Waals surface area (Å²) in [4.78, 5) is 27.0. The van der Waals surface area contributed by atoms with Crippen LogP contribution in [0.25, 0.3) is 0 Å². The van der Waals surface area contributed by atoms with Gasteiger partial charge < -0.3 is 4.90 Å². The number of carbonyl (C=O) groups is 1. The number of likely N-dealkylation sites (tertiary alicyclic amines) is 1. The van der Waals surface area contributed by atoms with Gasteiger partial charge in [-0.1, -0.05) is 23.7 Å². The van der Waals surface area contributed by atoms with E-state index in [1.54, 1.807) is 23.7 Å². The fourth-order valence-electron chi connectivity index (χ4n) is 3.44. The van der Waals surface area contributed by atoms with Crippen molar-refractivity contribution < 1.29 is 4.79 Å². The maximum absolute atomic E-state index is 12.8. The topological polar surface area (TPSA) is 60.1 Å². The highest BCUT2D eigenvalue weighted by Gasteiger charge is 2.30. The highest BCUT2D eigenvalue weighted by atomic mass is 35.5. The minimum Gasteiger partial charge on any atom is -0.338 e. The fourth-order valence-corrected chi connectivity index (χ4v) is 3.66. The number of benzene rings is 1. The number of carbonyl (C=O) groups excluding carboxylic acids is 1. The Morgan fingerprint density at radius 1 is 1.32 bits per heavy atom. The number of nitrogens with zero attached hydrogens (tertiary/aromatic N) is 4. The first kappa shape index (κ1) is 17.7. The van der Waals surface area contributed by atoms with Gasteiger partial charge in [0.1, 0.15) is 5.82 Å². The predicted molar refractivity (Wildman–Crippen MR) is 97.2 cm³/mol. The van der Waals surface area contributed by atoms with Gasteiger partial charge >= 0.3 is 5.69 Å². The van der Waals surface area contributed by atoms with Gasteiger partial charge in [-0.25, -0.2) is 9.48 Å². The number of rotatable bonds is 3. The Labute approximate surface area is 152 Å². The molecule has 0 saturated carbocycles. The summed E-state index contributed by atoms with van der Waals surface area (Å²) in [6, 6.07) is 7.14. The summed E-state index contributed by atoms with van der Waals surface area (Å²) < 4.78 is 3.11. The van der Waals surface area contributed by atoms with Gasteiger partial charge in [0.2, 0.25) is 0 Å². The minimum absolute atomic E-state index is 0.0332. The lowest BCUT2D eigenvalue weighted by Gasteiger charge is -2.33. The van der Waals surface area contributed by atoms with Crippen LogP contribution in [0.2, 0.25) is 5.02 Å². The highest BCUT2D eigenvalue weighted by Crippen LogP contribution is 2.28. The van der Waals surface area contributed by atoms with Gasteiger partial charge in [-0.15, -0.1) is 0 Å². The van der Waals surface area contributed by atoms with E-state index >= 15 is 0 Å². The van der Waals surface area contributed by atoms with Gasteiger partial charge in [-0.05, 0) is 38.8 Å². The smallest absolute Gasteiger partial charge is 0.338 e. The molecule has 0 radical (unpaired) electrons. The Bertz CT molecular complexity index is 840. The van der Waals surface area contributed by atoms with E-state index in [-0.39, 0.29) is 23.6 Å². The average molecular weight is 363 g/mol. The molecule has 2 heterocycles. The Hall–Kier alpha value is -2.08. The Morgan fingerprint density at radius 3 is 2.72 bits per heavy atom. The summed E-state index contributed by atoms with van der Waals surface area (Å²) in [6.45, 7) is 5.19. The highest BCUT2D eigenvalue weighted by molar-refractivity contribution is 6.33. The number of aryl methyl sites for hydroxylation is 1. The quantitative estimate of drug-likeness (QED) is 0.843. The summed E-state index contributed by atoms with van der Waals surface area (Å²) in [5.41, 5.74) is 0.409. The lowest BCUT2D eigenvalue weighted by Crippen LogP contribution is -2.40. The van der Waals surface area contributed by atoms with Crippen molar-refractivity contribution >= 4 is 17.5 Å². The van der Waals surface area contributed by atoms with Crippen LogP contribution in [0.15, 0.2) is 29.1 Å². The Balaban J connectivity index is 1.87. The molecule has 1 aliphatic heterocycles. The molecule has 2 aromatic rings. The molecule has 0 N–H and O–H groups in total. The molecule has 134 valence electrons. The minimum atomic E-state index is -0.112. The average Bonchev–Trinajstić information content (AvgIpc) is 2.90. The summed E-state index contributed by atoms with van der Waals surface area (Å²) >= 11 is 6.17. The summed E-state index contributed by atoms with van der Waals surface area (Å²) in [7, 11) is 1.67. The first-order valence-electron chi connectivity index (χ1n) is 8.59. The molecule has 7 heteroatoms. The van der Waals surface area contributed by atoms with Crippen LogP contribution in [-0.2, 0) is 7.05 Å². The van der Waals surface area contributed by atoms with Crippen LogP contribution in [0.4, 0.5) is 0 Å². The molecule has 6 nitrogen and oxygen atoms in total. The predicted octanol–water partition coefficient (Wildman–Crippen LogP) is 2.84. The molecule has 1 aromatic heterocycles. The van der Waals surface area contributed by atoms with E-state index in [0.717, 1.165) is 18.7 Å².